The van der Waals surface area contributed by atoms with Crippen molar-refractivity contribution in [2.24, 2.45) is 10.7 Å². The molecular formula is C12H14Br2N4O. The van der Waals surface area contributed by atoms with Crippen LogP contribution in [0.15, 0.2) is 20.0 Å². The highest BCUT2D eigenvalue weighted by Gasteiger charge is 2.27. The van der Waals surface area contributed by atoms with Crippen molar-refractivity contribution < 1.29 is 4.74 Å². The summed E-state index contributed by atoms with van der Waals surface area (Å²) in [5.41, 5.74) is 7.99. The summed E-state index contributed by atoms with van der Waals surface area (Å²) in [6.45, 7) is 3.09. The van der Waals surface area contributed by atoms with Crippen LogP contribution in [0, 0.1) is 0 Å². The van der Waals surface area contributed by atoms with Crippen LogP contribution in [-0.2, 0) is 0 Å². The Hall–Kier alpha value is -0.950. The van der Waals surface area contributed by atoms with Crippen molar-refractivity contribution in [2.75, 3.05) is 43.1 Å². The normalized spacial score (nSPS) is 18.2. The van der Waals surface area contributed by atoms with E-state index in [-0.39, 0.29) is 0 Å². The third-order valence-electron chi connectivity index (χ3n) is 3.36. The van der Waals surface area contributed by atoms with Crippen LogP contribution in [-0.4, -0.2) is 39.2 Å². The number of anilines is 2. The monoisotopic (exact) mass is 388 g/mol. The number of rotatable bonds is 1. The van der Waals surface area contributed by atoms with Crippen molar-refractivity contribution in [3.05, 3.63) is 15.0 Å². The number of halogens is 2. The lowest BCUT2D eigenvalue weighted by molar-refractivity contribution is 0.309. The van der Waals surface area contributed by atoms with E-state index in [2.05, 4.69) is 54.9 Å². The Kier molecular flexibility index (Phi) is 3.34. The molecule has 0 spiro atoms. The minimum absolute atomic E-state index is 0.547. The van der Waals surface area contributed by atoms with E-state index in [9.17, 15) is 0 Å². The van der Waals surface area contributed by atoms with Gasteiger partial charge in [0.1, 0.15) is 6.61 Å². The first-order valence-corrected chi connectivity index (χ1v) is 7.61. The van der Waals surface area contributed by atoms with Crippen molar-refractivity contribution in [1.82, 2.24) is 0 Å². The summed E-state index contributed by atoms with van der Waals surface area (Å²) in [4.78, 5) is 8.40. The molecule has 2 heterocycles. The van der Waals surface area contributed by atoms with Crippen LogP contribution in [0.5, 0.6) is 5.75 Å². The summed E-state index contributed by atoms with van der Waals surface area (Å²) >= 11 is 7.28. The summed E-state index contributed by atoms with van der Waals surface area (Å²) in [7, 11) is 2.06. The van der Waals surface area contributed by atoms with Gasteiger partial charge in [0.2, 0.25) is 0 Å². The molecule has 7 heteroatoms. The molecule has 0 aliphatic carbocycles. The Bertz CT molecular complexity index is 561. The smallest absolute Gasteiger partial charge is 0.196 e. The summed E-state index contributed by atoms with van der Waals surface area (Å²) in [5, 5.41) is 0. The van der Waals surface area contributed by atoms with Gasteiger partial charge >= 0.3 is 0 Å². The van der Waals surface area contributed by atoms with Crippen molar-refractivity contribution in [1.29, 1.82) is 0 Å². The van der Waals surface area contributed by atoms with Gasteiger partial charge in [-0.1, -0.05) is 0 Å². The highest BCUT2D eigenvalue weighted by Crippen LogP contribution is 2.48. The number of benzene rings is 1. The Morgan fingerprint density at radius 3 is 2.84 bits per heavy atom. The molecule has 102 valence electrons. The molecule has 19 heavy (non-hydrogen) atoms. The van der Waals surface area contributed by atoms with Crippen molar-refractivity contribution in [3.63, 3.8) is 0 Å². The van der Waals surface area contributed by atoms with Gasteiger partial charge in [0.25, 0.3) is 0 Å². The molecule has 3 rings (SSSR count). The number of hydrogen-bond acceptors (Lipinski definition) is 5. The second-order valence-electron chi connectivity index (χ2n) is 4.53. The maximum absolute atomic E-state index is 5.94. The zero-order valence-electron chi connectivity index (χ0n) is 10.5. The summed E-state index contributed by atoms with van der Waals surface area (Å²) in [6, 6.07) is 2.07. The van der Waals surface area contributed by atoms with E-state index in [0.717, 1.165) is 45.7 Å². The third-order valence-corrected chi connectivity index (χ3v) is 4.70. The van der Waals surface area contributed by atoms with Crippen molar-refractivity contribution in [2.45, 2.75) is 0 Å². The Labute approximate surface area is 128 Å². The fourth-order valence-corrected chi connectivity index (χ4v) is 3.98. The lowest BCUT2D eigenvalue weighted by atomic mass is 10.2. The summed E-state index contributed by atoms with van der Waals surface area (Å²) in [5.74, 6) is 1.41. The predicted octanol–water partition coefficient (Wildman–Crippen LogP) is 2.17. The number of ether oxygens (including phenoxy) is 1. The molecular weight excluding hydrogens is 376 g/mol. The molecule has 0 unspecified atom stereocenters. The zero-order chi connectivity index (χ0) is 13.6. The number of guanidine groups is 1. The van der Waals surface area contributed by atoms with Crippen LogP contribution >= 0.6 is 31.9 Å². The SMILES string of the molecule is CN1CCOc2c1cc(Br)c(N1CCN=C1N)c2Br. The molecule has 0 saturated carbocycles. The number of likely N-dealkylation sites (N-methyl/N-ethyl adjacent to an activating group) is 1. The minimum atomic E-state index is 0.547. The maximum Gasteiger partial charge on any atom is 0.196 e. The van der Waals surface area contributed by atoms with E-state index in [1.807, 2.05) is 4.90 Å². The molecule has 2 N–H and O–H groups in total. The van der Waals surface area contributed by atoms with E-state index in [4.69, 9.17) is 10.5 Å². The van der Waals surface area contributed by atoms with Crippen LogP contribution in [0.4, 0.5) is 11.4 Å². The first kappa shape index (κ1) is 13.1. The molecule has 1 aromatic carbocycles. The van der Waals surface area contributed by atoms with Crippen LogP contribution in [0.25, 0.3) is 0 Å². The summed E-state index contributed by atoms with van der Waals surface area (Å²) < 4.78 is 7.70. The van der Waals surface area contributed by atoms with E-state index in [1.54, 1.807) is 0 Å². The molecule has 0 aromatic heterocycles. The lowest BCUT2D eigenvalue weighted by Gasteiger charge is -2.31. The first-order valence-electron chi connectivity index (χ1n) is 6.03. The Morgan fingerprint density at radius 1 is 1.37 bits per heavy atom. The van der Waals surface area contributed by atoms with Gasteiger partial charge in [0.05, 0.1) is 28.9 Å². The van der Waals surface area contributed by atoms with Gasteiger partial charge in [0.15, 0.2) is 11.7 Å². The number of nitrogens with two attached hydrogens (primary N) is 1. The quantitative estimate of drug-likeness (QED) is 0.799. The standard InChI is InChI=1S/C12H14Br2N4O/c1-17-4-5-19-11-8(17)6-7(13)10(9(11)14)18-3-2-16-12(18)15/h6H,2-5H2,1H3,(H2,15,16). The van der Waals surface area contributed by atoms with Crippen LogP contribution < -0.4 is 20.3 Å². The molecule has 0 atom stereocenters. The second-order valence-corrected chi connectivity index (χ2v) is 6.18. The Morgan fingerprint density at radius 2 is 2.16 bits per heavy atom. The van der Waals surface area contributed by atoms with E-state index in [0.29, 0.717) is 12.6 Å². The average Bonchev–Trinajstić information content (AvgIpc) is 2.78. The van der Waals surface area contributed by atoms with Gasteiger partial charge in [-0.2, -0.15) is 0 Å². The molecule has 2 aliphatic rings. The van der Waals surface area contributed by atoms with Crippen LogP contribution in [0.3, 0.4) is 0 Å². The zero-order valence-corrected chi connectivity index (χ0v) is 13.7. The average molecular weight is 390 g/mol. The number of aliphatic imine (C=N–C) groups is 1. The van der Waals surface area contributed by atoms with Crippen molar-refractivity contribution in [3.8, 4) is 5.75 Å². The predicted molar refractivity (Wildman–Crippen MR) is 84.4 cm³/mol. The van der Waals surface area contributed by atoms with Gasteiger partial charge in [-0.25, -0.2) is 0 Å². The van der Waals surface area contributed by atoms with Crippen LogP contribution in [0.1, 0.15) is 0 Å². The van der Waals surface area contributed by atoms with Gasteiger partial charge in [-0.3, -0.25) is 4.99 Å². The molecule has 1 aromatic rings. The largest absolute Gasteiger partial charge is 0.488 e. The van der Waals surface area contributed by atoms with Crippen LogP contribution in [0.2, 0.25) is 0 Å². The van der Waals surface area contributed by atoms with Gasteiger partial charge in [0, 0.05) is 18.1 Å². The van der Waals surface area contributed by atoms with Gasteiger partial charge in [-0.15, -0.1) is 0 Å². The van der Waals surface area contributed by atoms with Gasteiger partial charge in [-0.05, 0) is 37.9 Å². The number of hydrogen-bond donors (Lipinski definition) is 1. The highest BCUT2D eigenvalue weighted by molar-refractivity contribution is 9.11. The molecule has 0 fully saturated rings. The molecule has 2 aliphatic heterocycles. The summed E-state index contributed by atoms with van der Waals surface area (Å²) in [6.07, 6.45) is 0. The Balaban J connectivity index is 2.14. The minimum Gasteiger partial charge on any atom is -0.488 e. The van der Waals surface area contributed by atoms with E-state index >= 15 is 0 Å². The molecule has 0 amide bonds. The third kappa shape index (κ3) is 2.08. The fraction of sp³-hybridized carbons (Fsp3) is 0.417. The van der Waals surface area contributed by atoms with E-state index in [1.165, 1.54) is 0 Å². The van der Waals surface area contributed by atoms with E-state index < -0.39 is 0 Å². The van der Waals surface area contributed by atoms with Crippen molar-refractivity contribution >= 4 is 49.2 Å². The maximum atomic E-state index is 5.94. The molecule has 0 radical (unpaired) electrons. The molecule has 0 saturated heterocycles. The topological polar surface area (TPSA) is 54.1 Å². The first-order chi connectivity index (χ1) is 9.09. The molecule has 5 nitrogen and oxygen atoms in total. The van der Waals surface area contributed by atoms with Gasteiger partial charge < -0.3 is 20.3 Å². The lowest BCUT2D eigenvalue weighted by Crippen LogP contribution is -2.35. The number of fused-ring (bicyclic) bond motifs is 1. The second kappa shape index (κ2) is 4.86. The number of nitrogens with zero attached hydrogens (tertiary/aromatic N) is 3. The molecule has 0 bridgehead atoms. The fourth-order valence-electron chi connectivity index (χ4n) is 2.34. The highest BCUT2D eigenvalue weighted by atomic mass is 79.9.